The van der Waals surface area contributed by atoms with E-state index in [-0.39, 0.29) is 17.3 Å². The molecule has 3 rings (SSSR count). The first-order valence-corrected chi connectivity index (χ1v) is 8.94. The zero-order valence-corrected chi connectivity index (χ0v) is 15.8. The van der Waals surface area contributed by atoms with Crippen LogP contribution in [0.15, 0.2) is 46.2 Å². The van der Waals surface area contributed by atoms with E-state index in [1.54, 1.807) is 25.4 Å². The van der Waals surface area contributed by atoms with Crippen molar-refractivity contribution in [3.63, 3.8) is 0 Å². The summed E-state index contributed by atoms with van der Waals surface area (Å²) >= 11 is 1.27. The predicted molar refractivity (Wildman–Crippen MR) is 101 cm³/mol. The van der Waals surface area contributed by atoms with E-state index < -0.39 is 4.92 Å². The second kappa shape index (κ2) is 7.62. The lowest BCUT2D eigenvalue weighted by Crippen LogP contribution is -2.28. The lowest BCUT2D eigenvalue weighted by molar-refractivity contribution is -0.384. The Kier molecular flexibility index (Phi) is 5.26. The molecule has 0 unspecified atom stereocenters. The summed E-state index contributed by atoms with van der Waals surface area (Å²) in [5, 5.41) is 19.6. The van der Waals surface area contributed by atoms with Gasteiger partial charge in [-0.1, -0.05) is 11.8 Å². The number of amides is 1. The molecule has 140 valence electrons. The maximum atomic E-state index is 12.4. The Labute approximate surface area is 159 Å². The summed E-state index contributed by atoms with van der Waals surface area (Å²) in [5.41, 5.74) is 1.42. The van der Waals surface area contributed by atoms with Gasteiger partial charge in [-0.2, -0.15) is 0 Å². The highest BCUT2D eigenvalue weighted by atomic mass is 32.2. The molecule has 0 radical (unpaired) electrons. The molecule has 2 aromatic heterocycles. The van der Waals surface area contributed by atoms with Crippen LogP contribution in [0.1, 0.15) is 5.76 Å². The number of benzene rings is 1. The van der Waals surface area contributed by atoms with Crippen molar-refractivity contribution in [2.45, 2.75) is 12.1 Å². The lowest BCUT2D eigenvalue weighted by atomic mass is 10.2. The minimum atomic E-state index is -0.477. The Bertz CT molecular complexity index is 980. The number of anilines is 1. The minimum Gasteiger partial charge on any atom is -0.469 e. The number of nitro benzene ring substituents is 1. The molecule has 10 heteroatoms. The van der Waals surface area contributed by atoms with Crippen molar-refractivity contribution in [3.05, 3.63) is 52.5 Å². The molecule has 0 N–H and O–H groups in total. The number of hydrogen-bond acceptors (Lipinski definition) is 7. The fourth-order valence-electron chi connectivity index (χ4n) is 2.46. The summed E-state index contributed by atoms with van der Waals surface area (Å²) in [5.74, 6) is 1.41. The van der Waals surface area contributed by atoms with Crippen molar-refractivity contribution in [1.82, 2.24) is 14.8 Å². The number of hydrogen-bond donors (Lipinski definition) is 0. The highest BCUT2D eigenvalue weighted by Gasteiger charge is 2.18. The van der Waals surface area contributed by atoms with Gasteiger partial charge in [0.2, 0.25) is 5.91 Å². The molecule has 3 aromatic rings. The van der Waals surface area contributed by atoms with Crippen molar-refractivity contribution in [1.29, 1.82) is 0 Å². The first kappa shape index (κ1) is 18.6. The van der Waals surface area contributed by atoms with Crippen LogP contribution in [0.25, 0.3) is 11.4 Å². The summed E-state index contributed by atoms with van der Waals surface area (Å²) in [6.07, 6.45) is 1.59. The van der Waals surface area contributed by atoms with E-state index in [0.717, 1.165) is 11.3 Å². The van der Waals surface area contributed by atoms with Crippen molar-refractivity contribution in [2.24, 2.45) is 7.05 Å². The number of thioether (sulfide) groups is 1. The van der Waals surface area contributed by atoms with Crippen molar-refractivity contribution in [3.8, 4) is 11.4 Å². The summed E-state index contributed by atoms with van der Waals surface area (Å²) in [4.78, 5) is 24.1. The van der Waals surface area contributed by atoms with E-state index in [1.807, 2.05) is 24.6 Å². The number of furan rings is 1. The quantitative estimate of drug-likeness (QED) is 0.363. The molecular formula is C17H17N5O4S. The number of nitro groups is 1. The Morgan fingerprint density at radius 2 is 2.00 bits per heavy atom. The number of nitrogens with zero attached hydrogens (tertiary/aromatic N) is 5. The first-order chi connectivity index (χ1) is 12.9. The minimum absolute atomic E-state index is 0.0184. The van der Waals surface area contributed by atoms with Gasteiger partial charge in [0.05, 0.1) is 22.5 Å². The predicted octanol–water partition coefficient (Wildman–Crippen LogP) is 3.05. The number of non-ortho nitro benzene ring substituents is 1. The monoisotopic (exact) mass is 387 g/mol. The summed E-state index contributed by atoms with van der Waals surface area (Å²) in [7, 11) is 3.45. The number of rotatable bonds is 6. The third kappa shape index (κ3) is 3.85. The van der Waals surface area contributed by atoms with Crippen molar-refractivity contribution in [2.75, 3.05) is 17.7 Å². The van der Waals surface area contributed by atoms with Gasteiger partial charge in [0.15, 0.2) is 11.0 Å². The van der Waals surface area contributed by atoms with Gasteiger partial charge in [-0.25, -0.2) is 0 Å². The molecule has 0 saturated heterocycles. The van der Waals surface area contributed by atoms with E-state index in [9.17, 15) is 14.9 Å². The molecule has 9 nitrogen and oxygen atoms in total. The fraction of sp³-hybridized carbons (Fsp3) is 0.235. The molecule has 0 spiro atoms. The van der Waals surface area contributed by atoms with E-state index in [0.29, 0.717) is 16.7 Å². The van der Waals surface area contributed by atoms with Gasteiger partial charge in [-0.15, -0.1) is 10.2 Å². The van der Waals surface area contributed by atoms with E-state index in [2.05, 4.69) is 10.2 Å². The molecule has 1 amide bonds. The van der Waals surface area contributed by atoms with E-state index in [4.69, 9.17) is 4.42 Å². The number of aryl methyl sites for hydroxylation is 1. The van der Waals surface area contributed by atoms with E-state index in [1.165, 1.54) is 28.8 Å². The molecule has 1 aromatic carbocycles. The summed E-state index contributed by atoms with van der Waals surface area (Å²) < 4.78 is 7.10. The van der Waals surface area contributed by atoms with Gasteiger partial charge in [0.25, 0.3) is 5.69 Å². The van der Waals surface area contributed by atoms with Crippen LogP contribution in [0.3, 0.4) is 0 Å². The maximum absolute atomic E-state index is 12.4. The number of carbonyl (C=O) groups is 1. The Morgan fingerprint density at radius 1 is 1.30 bits per heavy atom. The molecule has 0 aliphatic heterocycles. The second-order valence-electron chi connectivity index (χ2n) is 5.77. The van der Waals surface area contributed by atoms with Crippen LogP contribution in [0.2, 0.25) is 0 Å². The maximum Gasteiger partial charge on any atom is 0.269 e. The molecule has 2 heterocycles. The Hall–Kier alpha value is -3.14. The van der Waals surface area contributed by atoms with Crippen molar-refractivity contribution < 1.29 is 14.1 Å². The molecule has 27 heavy (non-hydrogen) atoms. The first-order valence-electron chi connectivity index (χ1n) is 7.96. The van der Waals surface area contributed by atoms with Crippen LogP contribution < -0.4 is 4.90 Å². The van der Waals surface area contributed by atoms with Crippen LogP contribution in [0.4, 0.5) is 11.4 Å². The van der Waals surface area contributed by atoms with Gasteiger partial charge >= 0.3 is 0 Å². The van der Waals surface area contributed by atoms with Gasteiger partial charge in [0, 0.05) is 31.9 Å². The van der Waals surface area contributed by atoms with Crippen LogP contribution in [-0.2, 0) is 11.8 Å². The highest BCUT2D eigenvalue weighted by Crippen LogP contribution is 2.26. The molecule has 0 aliphatic rings. The highest BCUT2D eigenvalue weighted by molar-refractivity contribution is 7.99. The van der Waals surface area contributed by atoms with Gasteiger partial charge in [0.1, 0.15) is 5.76 Å². The third-order valence-electron chi connectivity index (χ3n) is 4.08. The van der Waals surface area contributed by atoms with Gasteiger partial charge < -0.3 is 13.9 Å². The zero-order valence-electron chi connectivity index (χ0n) is 14.9. The largest absolute Gasteiger partial charge is 0.469 e. The summed E-state index contributed by atoms with van der Waals surface area (Å²) in [6, 6.07) is 7.65. The molecule has 0 saturated carbocycles. The van der Waals surface area contributed by atoms with Gasteiger partial charge in [-0.3, -0.25) is 14.9 Å². The van der Waals surface area contributed by atoms with Crippen LogP contribution in [-0.4, -0.2) is 38.4 Å². The normalized spacial score (nSPS) is 10.8. The average Bonchev–Trinajstić information content (AvgIpc) is 3.24. The number of carbonyl (C=O) groups excluding carboxylic acids is 1. The van der Waals surface area contributed by atoms with Gasteiger partial charge in [-0.05, 0) is 25.1 Å². The smallest absolute Gasteiger partial charge is 0.269 e. The topological polar surface area (TPSA) is 107 Å². The molecule has 0 atom stereocenters. The molecule has 0 aliphatic carbocycles. The molecule has 0 fully saturated rings. The van der Waals surface area contributed by atoms with Crippen LogP contribution in [0, 0.1) is 17.0 Å². The summed E-state index contributed by atoms with van der Waals surface area (Å²) in [6.45, 7) is 1.85. The number of aromatic nitrogens is 3. The molecule has 0 bridgehead atoms. The Morgan fingerprint density at radius 3 is 2.59 bits per heavy atom. The Balaban J connectivity index is 1.66. The average molecular weight is 387 g/mol. The SMILES string of the molecule is Cc1occc1-c1nnc(SCC(=O)N(C)c2ccc([N+](=O)[O-])cc2)n1C. The standard InChI is InChI=1S/C17H17N5O4S/c1-11-14(8-9-26-11)16-18-19-17(21(16)3)27-10-15(23)20(2)12-4-6-13(7-5-12)22(24)25/h4-9H,10H2,1-3H3. The van der Waals surface area contributed by atoms with Crippen molar-refractivity contribution >= 4 is 29.0 Å². The fourth-order valence-corrected chi connectivity index (χ4v) is 3.28. The van der Waals surface area contributed by atoms with Crippen LogP contribution in [0.5, 0.6) is 0 Å². The lowest BCUT2D eigenvalue weighted by Gasteiger charge is -2.16. The van der Waals surface area contributed by atoms with Crippen LogP contribution >= 0.6 is 11.8 Å². The second-order valence-corrected chi connectivity index (χ2v) is 6.71. The third-order valence-corrected chi connectivity index (χ3v) is 5.09. The molecular weight excluding hydrogens is 370 g/mol. The zero-order chi connectivity index (χ0) is 19.6. The van der Waals surface area contributed by atoms with E-state index >= 15 is 0 Å².